The zero-order chi connectivity index (χ0) is 12.6. The van der Waals surface area contributed by atoms with E-state index in [2.05, 4.69) is 70.0 Å². The monoisotopic (exact) mass is 392 g/mol. The minimum Gasteiger partial charge on any atom is -0.121 e. The molecule has 0 N–H and O–H groups in total. The Bertz CT molecular complexity index is 548. The highest BCUT2D eigenvalue weighted by molar-refractivity contribution is 9.12. The van der Waals surface area contributed by atoms with Crippen molar-refractivity contribution in [1.82, 2.24) is 0 Å². The Labute approximate surface area is 127 Å². The van der Waals surface area contributed by atoms with Gasteiger partial charge in [0.2, 0.25) is 0 Å². The highest BCUT2D eigenvalue weighted by Crippen LogP contribution is 2.41. The van der Waals surface area contributed by atoms with E-state index >= 15 is 0 Å². The van der Waals surface area contributed by atoms with Gasteiger partial charge in [0.25, 0.3) is 0 Å². The first kappa shape index (κ1) is 13.6. The van der Waals surface area contributed by atoms with Gasteiger partial charge >= 0.3 is 0 Å². The normalized spacial score (nSPS) is 12.8. The smallest absolute Gasteiger partial charge is 0.0855 e. The maximum Gasteiger partial charge on any atom is 0.0855 e. The lowest BCUT2D eigenvalue weighted by Crippen LogP contribution is -1.94. The molecule has 0 fully saturated rings. The summed E-state index contributed by atoms with van der Waals surface area (Å²) in [5.41, 5.74) is 4.83. The van der Waals surface area contributed by atoms with Crippen molar-refractivity contribution in [2.24, 2.45) is 0 Å². The zero-order valence-corrected chi connectivity index (χ0v) is 14.2. The van der Waals surface area contributed by atoms with Gasteiger partial charge in [-0.05, 0) is 68.5 Å². The highest BCUT2D eigenvalue weighted by Gasteiger charge is 2.17. The first-order valence-electron chi connectivity index (χ1n) is 5.15. The van der Waals surface area contributed by atoms with Crippen molar-refractivity contribution in [1.29, 1.82) is 0 Å². The van der Waals surface area contributed by atoms with Crippen LogP contribution in [0.1, 0.15) is 27.6 Å². The van der Waals surface area contributed by atoms with Crippen molar-refractivity contribution in [3.63, 3.8) is 0 Å². The molecule has 2 aromatic rings. The van der Waals surface area contributed by atoms with E-state index in [1.807, 2.05) is 0 Å². The van der Waals surface area contributed by atoms with Crippen molar-refractivity contribution in [2.45, 2.75) is 19.2 Å². The summed E-state index contributed by atoms with van der Waals surface area (Å²) in [5.74, 6) is 0. The summed E-state index contributed by atoms with van der Waals surface area (Å²) in [7, 11) is 0. The summed E-state index contributed by atoms with van der Waals surface area (Å²) in [6.07, 6.45) is 0. The van der Waals surface area contributed by atoms with E-state index in [9.17, 15) is 0 Å². The molecule has 1 heterocycles. The van der Waals surface area contributed by atoms with E-state index in [1.165, 1.54) is 11.1 Å². The third-order valence-corrected chi connectivity index (χ3v) is 5.65. The van der Waals surface area contributed by atoms with E-state index in [0.29, 0.717) is 0 Å². The van der Waals surface area contributed by atoms with Crippen molar-refractivity contribution in [3.05, 3.63) is 54.1 Å². The van der Waals surface area contributed by atoms with Crippen LogP contribution in [0.4, 0.5) is 0 Å². The topological polar surface area (TPSA) is 0 Å². The first-order valence-corrected chi connectivity index (χ1v) is 7.99. The molecule has 0 nitrogen and oxygen atoms in total. The Morgan fingerprint density at radius 3 is 2.35 bits per heavy atom. The fraction of sp³-hybridized carbons (Fsp3) is 0.231. The number of halogens is 3. The minimum atomic E-state index is -0.105. The van der Waals surface area contributed by atoms with Crippen LogP contribution in [-0.2, 0) is 0 Å². The van der Waals surface area contributed by atoms with Crippen LogP contribution in [0.3, 0.4) is 0 Å². The van der Waals surface area contributed by atoms with E-state index in [0.717, 1.165) is 18.7 Å². The molecule has 90 valence electrons. The van der Waals surface area contributed by atoms with E-state index in [1.54, 1.807) is 11.3 Å². The molecule has 0 aliphatic heterocycles. The summed E-state index contributed by atoms with van der Waals surface area (Å²) in [6.45, 7) is 4.22. The summed E-state index contributed by atoms with van der Waals surface area (Å²) >= 11 is 15.2. The van der Waals surface area contributed by atoms with E-state index < -0.39 is 0 Å². The SMILES string of the molecule is Cc1ccc(C(Cl)c2cc(Br)sc2Br)cc1C. The molecule has 4 heteroatoms. The number of aryl methyl sites for hydroxylation is 2. The zero-order valence-electron chi connectivity index (χ0n) is 9.43. The lowest BCUT2D eigenvalue weighted by molar-refractivity contribution is 1.13. The number of hydrogen-bond donors (Lipinski definition) is 0. The van der Waals surface area contributed by atoms with Crippen LogP contribution in [0.5, 0.6) is 0 Å². The number of benzene rings is 1. The molecule has 1 unspecified atom stereocenters. The second-order valence-corrected chi connectivity index (χ2v) is 8.17. The molecule has 1 atom stereocenters. The predicted molar refractivity (Wildman–Crippen MR) is 83.3 cm³/mol. The van der Waals surface area contributed by atoms with Gasteiger partial charge in [-0.3, -0.25) is 0 Å². The Hall–Kier alpha value is 0.170. The quantitative estimate of drug-likeness (QED) is 0.531. The Morgan fingerprint density at radius 2 is 1.82 bits per heavy atom. The maximum absolute atomic E-state index is 6.53. The molecule has 0 spiro atoms. The van der Waals surface area contributed by atoms with Crippen LogP contribution >= 0.6 is 54.8 Å². The fourth-order valence-corrected chi connectivity index (χ4v) is 5.03. The van der Waals surface area contributed by atoms with Crippen LogP contribution in [-0.4, -0.2) is 0 Å². The number of rotatable bonds is 2. The van der Waals surface area contributed by atoms with Gasteiger partial charge in [0.15, 0.2) is 0 Å². The molecule has 1 aromatic heterocycles. The lowest BCUT2D eigenvalue weighted by atomic mass is 10.0. The number of hydrogen-bond acceptors (Lipinski definition) is 1. The standard InChI is InChI=1S/C13H11Br2ClS/c1-7-3-4-9(5-8(7)2)12(16)10-6-11(14)17-13(10)15/h3-6,12H,1-2H3. The van der Waals surface area contributed by atoms with Gasteiger partial charge in [-0.25, -0.2) is 0 Å². The summed E-state index contributed by atoms with van der Waals surface area (Å²) < 4.78 is 2.18. The van der Waals surface area contributed by atoms with Gasteiger partial charge in [-0.2, -0.15) is 0 Å². The summed E-state index contributed by atoms with van der Waals surface area (Å²) in [5, 5.41) is -0.105. The molecule has 17 heavy (non-hydrogen) atoms. The first-order chi connectivity index (χ1) is 7.99. The Kier molecular flexibility index (Phi) is 4.35. The van der Waals surface area contributed by atoms with Crippen LogP contribution in [0.15, 0.2) is 31.8 Å². The van der Waals surface area contributed by atoms with Crippen molar-refractivity contribution < 1.29 is 0 Å². The van der Waals surface area contributed by atoms with Gasteiger partial charge in [0, 0.05) is 5.56 Å². The predicted octanol–water partition coefficient (Wildman–Crippen LogP) is 6.22. The van der Waals surface area contributed by atoms with Gasteiger partial charge in [0.05, 0.1) is 12.9 Å². The molecule has 0 saturated carbocycles. The summed E-state index contributed by atoms with van der Waals surface area (Å²) in [4.78, 5) is 0. The highest BCUT2D eigenvalue weighted by atomic mass is 79.9. The van der Waals surface area contributed by atoms with Crippen molar-refractivity contribution in [2.75, 3.05) is 0 Å². The lowest BCUT2D eigenvalue weighted by Gasteiger charge is -2.11. The minimum absolute atomic E-state index is 0.105. The largest absolute Gasteiger partial charge is 0.121 e. The maximum atomic E-state index is 6.53. The van der Waals surface area contributed by atoms with E-state index in [4.69, 9.17) is 11.6 Å². The molecular formula is C13H11Br2ClS. The number of alkyl halides is 1. The van der Waals surface area contributed by atoms with Crippen LogP contribution in [0.25, 0.3) is 0 Å². The molecule has 0 amide bonds. The molecule has 0 aliphatic rings. The average Bonchev–Trinajstić information content (AvgIpc) is 2.61. The van der Waals surface area contributed by atoms with Gasteiger partial charge in [0.1, 0.15) is 0 Å². The van der Waals surface area contributed by atoms with Crippen LogP contribution in [0.2, 0.25) is 0 Å². The average molecular weight is 395 g/mol. The molecule has 0 bridgehead atoms. The Balaban J connectivity index is 2.40. The third-order valence-electron chi connectivity index (χ3n) is 2.78. The van der Waals surface area contributed by atoms with Crippen LogP contribution < -0.4 is 0 Å². The number of thiophene rings is 1. The molecule has 2 rings (SSSR count). The van der Waals surface area contributed by atoms with Gasteiger partial charge in [-0.15, -0.1) is 22.9 Å². The second kappa shape index (κ2) is 5.43. The molecule has 1 aromatic carbocycles. The third kappa shape index (κ3) is 2.95. The fourth-order valence-electron chi connectivity index (χ4n) is 1.63. The summed E-state index contributed by atoms with van der Waals surface area (Å²) in [6, 6.07) is 8.44. The molecular weight excluding hydrogens is 383 g/mol. The van der Waals surface area contributed by atoms with E-state index in [-0.39, 0.29) is 5.38 Å². The van der Waals surface area contributed by atoms with Crippen LogP contribution in [0, 0.1) is 13.8 Å². The Morgan fingerprint density at radius 1 is 1.12 bits per heavy atom. The molecule has 0 saturated heterocycles. The van der Waals surface area contributed by atoms with Gasteiger partial charge in [-0.1, -0.05) is 18.2 Å². The van der Waals surface area contributed by atoms with Gasteiger partial charge < -0.3 is 0 Å². The second-order valence-electron chi connectivity index (χ2n) is 3.99. The molecule has 0 radical (unpaired) electrons. The van der Waals surface area contributed by atoms with Crippen molar-refractivity contribution in [3.8, 4) is 0 Å². The van der Waals surface area contributed by atoms with Crippen molar-refractivity contribution >= 4 is 54.8 Å². The molecule has 0 aliphatic carbocycles.